The smallest absolute Gasteiger partial charge is 0.294 e. The topological polar surface area (TPSA) is 56.8 Å². The van der Waals surface area contributed by atoms with Gasteiger partial charge in [0.25, 0.3) is 5.91 Å². The molecule has 1 aliphatic rings. The molecule has 0 aliphatic carbocycles. The zero-order chi connectivity index (χ0) is 14.8. The van der Waals surface area contributed by atoms with Gasteiger partial charge in [0.05, 0.1) is 16.7 Å². The van der Waals surface area contributed by atoms with Gasteiger partial charge >= 0.3 is 0 Å². The molecule has 6 heteroatoms. The number of thiol groups is 1. The van der Waals surface area contributed by atoms with E-state index in [1.165, 1.54) is 11.3 Å². The second kappa shape index (κ2) is 5.72. The summed E-state index contributed by atoms with van der Waals surface area (Å²) >= 11 is 5.80. The predicted octanol–water partition coefficient (Wildman–Crippen LogP) is 2.16. The summed E-state index contributed by atoms with van der Waals surface area (Å²) in [6.07, 6.45) is 3.67. The zero-order valence-corrected chi connectivity index (χ0v) is 12.6. The number of allylic oxidation sites excluding steroid dienone is 1. The highest BCUT2D eigenvalue weighted by molar-refractivity contribution is 7.84. The van der Waals surface area contributed by atoms with Gasteiger partial charge in [-0.3, -0.25) is 4.79 Å². The number of carbonyl (C=O) groups excluding carboxylic acids is 1. The maximum absolute atomic E-state index is 12.5. The fraction of sp³-hybridized carbons (Fsp3) is 0.133. The van der Waals surface area contributed by atoms with E-state index in [9.17, 15) is 10.1 Å². The molecule has 0 radical (unpaired) electrons. The lowest BCUT2D eigenvalue weighted by Gasteiger charge is -2.26. The predicted molar refractivity (Wildman–Crippen MR) is 82.5 cm³/mol. The molecule has 0 saturated heterocycles. The fourth-order valence-corrected chi connectivity index (χ4v) is 3.67. The van der Waals surface area contributed by atoms with E-state index in [0.717, 1.165) is 4.88 Å². The van der Waals surface area contributed by atoms with E-state index < -0.39 is 6.04 Å². The number of nitrogens with one attached hydrogen (secondary N) is 1. The quantitative estimate of drug-likeness (QED) is 0.659. The summed E-state index contributed by atoms with van der Waals surface area (Å²) < 4.78 is 1.83. The summed E-state index contributed by atoms with van der Waals surface area (Å²) in [6.45, 7) is 0. The van der Waals surface area contributed by atoms with E-state index in [1.807, 2.05) is 52.7 Å². The van der Waals surface area contributed by atoms with E-state index >= 15 is 0 Å². The number of thiophene rings is 1. The van der Waals surface area contributed by atoms with Gasteiger partial charge in [-0.05, 0) is 11.4 Å². The van der Waals surface area contributed by atoms with Crippen LogP contribution < -0.4 is 9.88 Å². The van der Waals surface area contributed by atoms with Crippen LogP contribution in [0.1, 0.15) is 16.8 Å². The third kappa shape index (κ3) is 2.46. The number of rotatable bonds is 2. The second-order valence-electron chi connectivity index (χ2n) is 4.62. The SMILES string of the molecule is N#CC1=C(S)NC(=O)[C@@H]([n+]2ccccc2)[C@@H]1c1cccs1. The second-order valence-corrected chi connectivity index (χ2v) is 6.05. The number of pyridine rings is 1. The van der Waals surface area contributed by atoms with Gasteiger partial charge in [-0.2, -0.15) is 9.83 Å². The van der Waals surface area contributed by atoms with Crippen molar-refractivity contribution < 1.29 is 9.36 Å². The summed E-state index contributed by atoms with van der Waals surface area (Å²) in [4.78, 5) is 13.4. The summed E-state index contributed by atoms with van der Waals surface area (Å²) in [5.74, 6) is -0.475. The number of amides is 1. The normalized spacial score (nSPS) is 21.8. The van der Waals surface area contributed by atoms with E-state index in [2.05, 4.69) is 24.0 Å². The van der Waals surface area contributed by atoms with Gasteiger partial charge in [0.1, 0.15) is 5.92 Å². The lowest BCUT2D eigenvalue weighted by Crippen LogP contribution is -2.53. The van der Waals surface area contributed by atoms with Crippen LogP contribution in [0.25, 0.3) is 0 Å². The molecule has 3 rings (SSSR count). The number of hydrogen-bond acceptors (Lipinski definition) is 4. The van der Waals surface area contributed by atoms with Crippen LogP contribution in [0.5, 0.6) is 0 Å². The fourth-order valence-electron chi connectivity index (χ4n) is 2.51. The molecule has 2 aromatic rings. The summed E-state index contributed by atoms with van der Waals surface area (Å²) in [5.41, 5.74) is 0.488. The van der Waals surface area contributed by atoms with Gasteiger partial charge in [0.15, 0.2) is 12.4 Å². The Bertz CT molecular complexity index is 732. The highest BCUT2D eigenvalue weighted by atomic mass is 32.1. The van der Waals surface area contributed by atoms with Crippen molar-refractivity contribution in [3.63, 3.8) is 0 Å². The van der Waals surface area contributed by atoms with E-state index in [0.29, 0.717) is 10.6 Å². The molecular weight excluding hydrogens is 302 g/mol. The molecule has 1 amide bonds. The van der Waals surface area contributed by atoms with Crippen LogP contribution in [-0.4, -0.2) is 5.91 Å². The molecule has 2 aromatic heterocycles. The van der Waals surface area contributed by atoms with Gasteiger partial charge < -0.3 is 5.32 Å². The van der Waals surface area contributed by atoms with Gasteiger partial charge in [-0.25, -0.2) is 0 Å². The molecule has 4 nitrogen and oxygen atoms in total. The molecule has 104 valence electrons. The highest BCUT2D eigenvalue weighted by Crippen LogP contribution is 2.39. The van der Waals surface area contributed by atoms with E-state index in [-0.39, 0.29) is 11.8 Å². The first-order valence-corrected chi connectivity index (χ1v) is 7.68. The molecule has 0 unspecified atom stereocenters. The van der Waals surface area contributed by atoms with Gasteiger partial charge in [-0.1, -0.05) is 12.1 Å². The molecule has 21 heavy (non-hydrogen) atoms. The van der Waals surface area contributed by atoms with E-state index in [1.54, 1.807) is 0 Å². The van der Waals surface area contributed by atoms with Gasteiger partial charge in [0, 0.05) is 17.0 Å². The standard InChI is InChI=1S/C15H11N3OS2/c16-9-10-12(11-5-4-8-21-11)13(14(19)17-15(10)20)18-6-2-1-3-7-18/h1-8,12-13H,(H-,17,19,20)/p+1/t12-,13-/m0/s1. The molecule has 1 aliphatic heterocycles. The molecule has 3 heterocycles. The summed E-state index contributed by atoms with van der Waals surface area (Å²) in [7, 11) is 0. The van der Waals surface area contributed by atoms with Crippen molar-refractivity contribution in [2.45, 2.75) is 12.0 Å². The number of nitrogens with zero attached hydrogens (tertiary/aromatic N) is 2. The number of nitriles is 1. The minimum Gasteiger partial charge on any atom is -0.314 e. The Balaban J connectivity index is 2.17. The van der Waals surface area contributed by atoms with E-state index in [4.69, 9.17) is 0 Å². The van der Waals surface area contributed by atoms with Crippen LogP contribution in [0.4, 0.5) is 0 Å². The number of aromatic nitrogens is 1. The maximum Gasteiger partial charge on any atom is 0.294 e. The Hall–Kier alpha value is -2.10. The van der Waals surface area contributed by atoms with Crippen LogP contribution in [0, 0.1) is 11.3 Å². The van der Waals surface area contributed by atoms with Crippen molar-refractivity contribution in [2.75, 3.05) is 0 Å². The van der Waals surface area contributed by atoms with Crippen molar-refractivity contribution in [1.29, 1.82) is 5.26 Å². The monoisotopic (exact) mass is 314 g/mol. The molecule has 0 aromatic carbocycles. The lowest BCUT2D eigenvalue weighted by molar-refractivity contribution is -0.711. The van der Waals surface area contributed by atoms with Gasteiger partial charge in [0.2, 0.25) is 6.04 Å². The van der Waals surface area contributed by atoms with Crippen molar-refractivity contribution in [2.24, 2.45) is 0 Å². The minimum absolute atomic E-state index is 0.159. The minimum atomic E-state index is -0.490. The third-order valence-electron chi connectivity index (χ3n) is 3.42. The van der Waals surface area contributed by atoms with Crippen LogP contribution in [0.2, 0.25) is 0 Å². The van der Waals surface area contributed by atoms with Crippen LogP contribution in [-0.2, 0) is 4.79 Å². The molecular formula is C15H12N3OS2+. The molecule has 0 bridgehead atoms. The maximum atomic E-state index is 12.5. The number of hydrogen-bond donors (Lipinski definition) is 2. The lowest BCUT2D eigenvalue weighted by atomic mass is 9.87. The molecule has 0 saturated carbocycles. The van der Waals surface area contributed by atoms with Crippen LogP contribution >= 0.6 is 24.0 Å². The third-order valence-corrected chi connectivity index (χ3v) is 4.73. The van der Waals surface area contributed by atoms with Crippen LogP contribution in [0.15, 0.2) is 58.7 Å². The molecule has 0 spiro atoms. The van der Waals surface area contributed by atoms with Gasteiger partial charge in [-0.15, -0.1) is 24.0 Å². The highest BCUT2D eigenvalue weighted by Gasteiger charge is 2.44. The number of carbonyl (C=O) groups is 1. The van der Waals surface area contributed by atoms with Crippen molar-refractivity contribution in [1.82, 2.24) is 5.32 Å². The Kier molecular flexibility index (Phi) is 3.78. The Morgan fingerprint density at radius 1 is 1.29 bits per heavy atom. The first kappa shape index (κ1) is 13.9. The summed E-state index contributed by atoms with van der Waals surface area (Å²) in [5, 5.41) is 14.4. The Morgan fingerprint density at radius 3 is 2.67 bits per heavy atom. The van der Waals surface area contributed by atoms with Crippen molar-refractivity contribution in [3.8, 4) is 6.07 Å². The summed E-state index contributed by atoms with van der Waals surface area (Å²) in [6, 6.07) is 11.2. The molecule has 1 N–H and O–H groups in total. The Labute approximate surface area is 131 Å². The van der Waals surface area contributed by atoms with Crippen molar-refractivity contribution in [3.05, 3.63) is 63.6 Å². The first-order valence-electron chi connectivity index (χ1n) is 6.35. The first-order chi connectivity index (χ1) is 10.2. The average molecular weight is 314 g/mol. The largest absolute Gasteiger partial charge is 0.314 e. The average Bonchev–Trinajstić information content (AvgIpc) is 3.01. The Morgan fingerprint density at radius 2 is 2.05 bits per heavy atom. The molecule has 2 atom stereocenters. The van der Waals surface area contributed by atoms with Crippen LogP contribution in [0.3, 0.4) is 0 Å². The zero-order valence-electron chi connectivity index (χ0n) is 10.9. The van der Waals surface area contributed by atoms with Crippen molar-refractivity contribution >= 4 is 29.9 Å². The molecule has 0 fully saturated rings.